The van der Waals surface area contributed by atoms with Crippen LogP contribution < -0.4 is 0 Å². The summed E-state index contributed by atoms with van der Waals surface area (Å²) < 4.78 is 4.95. The lowest BCUT2D eigenvalue weighted by Crippen LogP contribution is -2.05. The largest absolute Gasteiger partial charge is 0.309 e. The minimum absolute atomic E-state index is 0.198. The van der Waals surface area contributed by atoms with Gasteiger partial charge >= 0.3 is 0 Å². The first-order valence-corrected chi connectivity index (χ1v) is 22.6. The van der Waals surface area contributed by atoms with Gasteiger partial charge in [0.2, 0.25) is 0 Å². The highest BCUT2D eigenvalue weighted by Gasteiger charge is 2.22. The van der Waals surface area contributed by atoms with Crippen molar-refractivity contribution in [3.8, 4) is 39.7 Å². The molecule has 0 spiro atoms. The maximum Gasteiger partial charge on any atom is 0.164 e. The molecule has 0 radical (unpaired) electrons. The van der Waals surface area contributed by atoms with Gasteiger partial charge in [0.1, 0.15) is 0 Å². The van der Waals surface area contributed by atoms with Crippen LogP contribution in [0.3, 0.4) is 0 Å². The van der Waals surface area contributed by atoms with Crippen molar-refractivity contribution in [2.75, 3.05) is 0 Å². The standard InChI is InChI=1S/C58H37N5S/c1-4-15-37(16-5-1)54-45-32-34-51-53(52(45)44-22-10-12-25-48(44)59-54)46-24-14-23-42(55(46)64-51)36-27-29-39(30-28-36)57-60-56(38-17-6-2-7-18-38)61-58(62-57)40-31-33-50-47(35-40)43-21-11-13-26-49(43)63(50)41-19-8-3-9-20-41/h1-27,29-36H,28H2. The first-order valence-electron chi connectivity index (χ1n) is 21.7. The van der Waals surface area contributed by atoms with Gasteiger partial charge in [-0.25, -0.2) is 19.9 Å². The van der Waals surface area contributed by atoms with Crippen LogP contribution in [0.15, 0.2) is 206 Å². The second kappa shape index (κ2) is 14.8. The highest BCUT2D eigenvalue weighted by Crippen LogP contribution is 2.46. The predicted molar refractivity (Wildman–Crippen MR) is 267 cm³/mol. The van der Waals surface area contributed by atoms with Gasteiger partial charge in [0.15, 0.2) is 17.5 Å². The zero-order valence-electron chi connectivity index (χ0n) is 34.6. The molecular weight excluding hydrogens is 799 g/mol. The molecule has 0 saturated carbocycles. The molecule has 0 saturated heterocycles. The summed E-state index contributed by atoms with van der Waals surface area (Å²) in [5, 5.41) is 8.58. The number of thiophene rings is 1. The summed E-state index contributed by atoms with van der Waals surface area (Å²) in [5.41, 5.74) is 10.8. The number of fused-ring (bicyclic) bond motifs is 10. The molecular formula is C58H37N5S. The normalized spacial score (nSPS) is 14.1. The summed E-state index contributed by atoms with van der Waals surface area (Å²) in [5.74, 6) is 2.18. The molecule has 6 heteroatoms. The lowest BCUT2D eigenvalue weighted by molar-refractivity contribution is 0.863. The Morgan fingerprint density at radius 3 is 1.94 bits per heavy atom. The van der Waals surface area contributed by atoms with E-state index in [-0.39, 0.29) is 5.92 Å². The van der Waals surface area contributed by atoms with Crippen molar-refractivity contribution in [3.63, 3.8) is 0 Å². The fraction of sp³-hybridized carbons (Fsp3) is 0.0345. The molecule has 5 nitrogen and oxygen atoms in total. The van der Waals surface area contributed by atoms with E-state index >= 15 is 0 Å². The zero-order chi connectivity index (χ0) is 42.1. The molecule has 8 aromatic carbocycles. The summed E-state index contributed by atoms with van der Waals surface area (Å²) >= 11 is 1.90. The van der Waals surface area contributed by atoms with E-state index in [1.54, 1.807) is 0 Å². The number of benzene rings is 8. The Bertz CT molecular complexity index is 3870. The monoisotopic (exact) mass is 835 g/mol. The van der Waals surface area contributed by atoms with Crippen LogP contribution in [0.2, 0.25) is 0 Å². The van der Waals surface area contributed by atoms with E-state index in [0.717, 1.165) is 62.0 Å². The Balaban J connectivity index is 0.905. The SMILES string of the molecule is C1=CC(c2cccc3c2sc2ccc4c(-c5ccccc5)nc5ccccc5c4c23)CC=C1c1nc(-c2ccccc2)nc(-c2ccc3c(c2)c2ccccc2n3-c2ccccc2)n1. The van der Waals surface area contributed by atoms with E-state index in [1.165, 1.54) is 47.3 Å². The van der Waals surface area contributed by atoms with Crippen LogP contribution in [0.5, 0.6) is 0 Å². The average Bonchev–Trinajstić information content (AvgIpc) is 3.93. The summed E-state index contributed by atoms with van der Waals surface area (Å²) in [6, 6.07) is 66.5. The van der Waals surface area contributed by atoms with Gasteiger partial charge < -0.3 is 4.57 Å². The molecule has 0 bridgehead atoms. The first-order chi connectivity index (χ1) is 31.7. The summed E-state index contributed by atoms with van der Waals surface area (Å²) in [6.45, 7) is 0. The second-order valence-electron chi connectivity index (χ2n) is 16.5. The second-order valence-corrected chi connectivity index (χ2v) is 17.5. The molecule has 64 heavy (non-hydrogen) atoms. The Labute approximate surface area is 373 Å². The Hall–Kier alpha value is -8.06. The van der Waals surface area contributed by atoms with Gasteiger partial charge in [0.05, 0.1) is 22.2 Å². The molecule has 1 atom stereocenters. The highest BCUT2D eigenvalue weighted by atomic mass is 32.1. The van der Waals surface area contributed by atoms with Crippen molar-refractivity contribution in [2.45, 2.75) is 12.3 Å². The van der Waals surface area contributed by atoms with E-state index in [1.807, 2.05) is 29.5 Å². The van der Waals surface area contributed by atoms with Gasteiger partial charge in [-0.15, -0.1) is 11.3 Å². The topological polar surface area (TPSA) is 56.5 Å². The van der Waals surface area contributed by atoms with Gasteiger partial charge in [-0.2, -0.15) is 0 Å². The first kappa shape index (κ1) is 36.6. The van der Waals surface area contributed by atoms with Gasteiger partial charge in [-0.1, -0.05) is 158 Å². The van der Waals surface area contributed by atoms with E-state index in [0.29, 0.717) is 17.5 Å². The van der Waals surface area contributed by atoms with Crippen molar-refractivity contribution in [3.05, 3.63) is 218 Å². The number of allylic oxidation sites excluding steroid dienone is 4. The van der Waals surface area contributed by atoms with Crippen molar-refractivity contribution in [2.24, 2.45) is 0 Å². The molecule has 1 unspecified atom stereocenters. The van der Waals surface area contributed by atoms with E-state index in [4.69, 9.17) is 19.9 Å². The maximum atomic E-state index is 5.22. The van der Waals surface area contributed by atoms with Crippen LogP contribution in [-0.4, -0.2) is 24.5 Å². The van der Waals surface area contributed by atoms with Crippen LogP contribution in [0, 0.1) is 0 Å². The quantitative estimate of drug-likeness (QED) is 0.157. The third-order valence-corrected chi connectivity index (χ3v) is 14.0. The predicted octanol–water partition coefficient (Wildman–Crippen LogP) is 15.2. The van der Waals surface area contributed by atoms with Gasteiger partial charge in [0.25, 0.3) is 0 Å². The Morgan fingerprint density at radius 1 is 0.469 bits per heavy atom. The van der Waals surface area contributed by atoms with Crippen molar-refractivity contribution < 1.29 is 0 Å². The fourth-order valence-corrected chi connectivity index (χ4v) is 11.1. The number of hydrogen-bond donors (Lipinski definition) is 0. The number of rotatable bonds is 6. The Kier molecular flexibility index (Phi) is 8.46. The number of pyridine rings is 1. The van der Waals surface area contributed by atoms with Gasteiger partial charge in [-0.3, -0.25) is 0 Å². The van der Waals surface area contributed by atoms with Crippen LogP contribution in [0.25, 0.3) is 109 Å². The lowest BCUT2D eigenvalue weighted by atomic mass is 9.88. The number of hydrogen-bond acceptors (Lipinski definition) is 5. The van der Waals surface area contributed by atoms with E-state index in [2.05, 4.69) is 193 Å². The molecule has 300 valence electrons. The number of aromatic nitrogens is 5. The van der Waals surface area contributed by atoms with E-state index < -0.39 is 0 Å². The van der Waals surface area contributed by atoms with Crippen LogP contribution in [0.4, 0.5) is 0 Å². The molecule has 12 aromatic rings. The van der Waals surface area contributed by atoms with Gasteiger partial charge in [0, 0.05) is 81.0 Å². The molecule has 0 amide bonds. The molecule has 0 N–H and O–H groups in total. The third-order valence-electron chi connectivity index (χ3n) is 12.8. The minimum Gasteiger partial charge on any atom is -0.309 e. The summed E-state index contributed by atoms with van der Waals surface area (Å²) in [4.78, 5) is 20.7. The molecule has 1 aliphatic rings. The maximum absolute atomic E-state index is 5.22. The van der Waals surface area contributed by atoms with Crippen molar-refractivity contribution >= 4 is 80.6 Å². The van der Waals surface area contributed by atoms with Crippen molar-refractivity contribution in [1.29, 1.82) is 0 Å². The average molecular weight is 836 g/mol. The molecule has 0 fully saturated rings. The molecule has 13 rings (SSSR count). The highest BCUT2D eigenvalue weighted by molar-refractivity contribution is 7.26. The summed E-state index contributed by atoms with van der Waals surface area (Å²) in [7, 11) is 0. The van der Waals surface area contributed by atoms with Crippen molar-refractivity contribution in [1.82, 2.24) is 24.5 Å². The van der Waals surface area contributed by atoms with Crippen LogP contribution in [-0.2, 0) is 0 Å². The smallest absolute Gasteiger partial charge is 0.164 e. The fourth-order valence-electron chi connectivity index (χ4n) is 9.79. The minimum atomic E-state index is 0.198. The molecule has 0 aliphatic heterocycles. The third kappa shape index (κ3) is 5.91. The molecule has 1 aliphatic carbocycles. The molecule has 4 heterocycles. The number of nitrogens with zero attached hydrogens (tertiary/aromatic N) is 5. The summed E-state index contributed by atoms with van der Waals surface area (Å²) in [6.07, 6.45) is 7.70. The molecule has 4 aromatic heterocycles. The van der Waals surface area contributed by atoms with Crippen LogP contribution in [0.1, 0.15) is 23.7 Å². The van der Waals surface area contributed by atoms with Gasteiger partial charge in [-0.05, 0) is 60.5 Å². The number of para-hydroxylation sites is 3. The van der Waals surface area contributed by atoms with E-state index in [9.17, 15) is 0 Å². The lowest BCUT2D eigenvalue weighted by Gasteiger charge is -2.18. The Morgan fingerprint density at radius 2 is 1.14 bits per heavy atom. The van der Waals surface area contributed by atoms with Crippen LogP contribution >= 0.6 is 11.3 Å². The zero-order valence-corrected chi connectivity index (χ0v) is 35.4.